The fourth-order valence-electron chi connectivity index (χ4n) is 2.85. The number of anilines is 2. The summed E-state index contributed by atoms with van der Waals surface area (Å²) in [7, 11) is 0. The molecule has 0 aromatic carbocycles. The van der Waals surface area contributed by atoms with E-state index < -0.39 is 0 Å². The Bertz CT molecular complexity index is 696. The van der Waals surface area contributed by atoms with E-state index in [0.717, 1.165) is 38.4 Å². The Morgan fingerprint density at radius 2 is 1.77 bits per heavy atom. The van der Waals surface area contributed by atoms with Crippen molar-refractivity contribution in [1.82, 2.24) is 20.3 Å². The summed E-state index contributed by atoms with van der Waals surface area (Å²) in [5.74, 6) is 2.13. The van der Waals surface area contributed by atoms with E-state index in [0.29, 0.717) is 24.0 Å². The predicted molar refractivity (Wildman–Crippen MR) is 102 cm³/mol. The van der Waals surface area contributed by atoms with E-state index in [1.54, 1.807) is 12.4 Å². The van der Waals surface area contributed by atoms with Gasteiger partial charge in [-0.1, -0.05) is 19.9 Å². The second-order valence-corrected chi connectivity index (χ2v) is 6.87. The molecule has 0 atom stereocenters. The normalized spacial score (nSPS) is 14.6. The smallest absolute Gasteiger partial charge is 0.254 e. The zero-order valence-corrected chi connectivity index (χ0v) is 15.4. The molecule has 3 rings (SSSR count). The number of aromatic nitrogens is 3. The second-order valence-electron chi connectivity index (χ2n) is 6.87. The summed E-state index contributed by atoms with van der Waals surface area (Å²) >= 11 is 0. The maximum absolute atomic E-state index is 12.1. The average molecular weight is 354 g/mol. The van der Waals surface area contributed by atoms with Crippen molar-refractivity contribution in [3.63, 3.8) is 0 Å². The van der Waals surface area contributed by atoms with Gasteiger partial charge in [-0.25, -0.2) is 15.0 Å². The minimum Gasteiger partial charge on any atom is -0.353 e. The SMILES string of the molecule is CC(C)CCNC(=O)c1cnc(N2CCN(c3ccccn3)CC2)nc1. The Morgan fingerprint density at radius 3 is 2.38 bits per heavy atom. The third-order valence-corrected chi connectivity index (χ3v) is 4.44. The number of rotatable bonds is 6. The quantitative estimate of drug-likeness (QED) is 0.855. The number of nitrogens with one attached hydrogen (secondary N) is 1. The first-order chi connectivity index (χ1) is 12.6. The van der Waals surface area contributed by atoms with E-state index in [-0.39, 0.29) is 5.91 Å². The molecule has 3 heterocycles. The summed E-state index contributed by atoms with van der Waals surface area (Å²) in [4.78, 5) is 29.7. The molecule has 0 aliphatic carbocycles. The molecule has 1 fully saturated rings. The maximum Gasteiger partial charge on any atom is 0.254 e. The Kier molecular flexibility index (Phi) is 5.99. The van der Waals surface area contributed by atoms with E-state index >= 15 is 0 Å². The Hall–Kier alpha value is -2.70. The van der Waals surface area contributed by atoms with Crippen molar-refractivity contribution in [2.75, 3.05) is 42.5 Å². The molecule has 1 saturated heterocycles. The summed E-state index contributed by atoms with van der Waals surface area (Å²) in [6, 6.07) is 5.95. The zero-order chi connectivity index (χ0) is 18.4. The van der Waals surface area contributed by atoms with Gasteiger partial charge >= 0.3 is 0 Å². The summed E-state index contributed by atoms with van der Waals surface area (Å²) in [6.45, 7) is 8.35. The molecule has 1 aliphatic heterocycles. The van der Waals surface area contributed by atoms with Crippen molar-refractivity contribution in [1.29, 1.82) is 0 Å². The Balaban J connectivity index is 1.52. The average Bonchev–Trinajstić information content (AvgIpc) is 2.68. The molecule has 1 N–H and O–H groups in total. The fourth-order valence-corrected chi connectivity index (χ4v) is 2.85. The number of pyridine rings is 1. The highest BCUT2D eigenvalue weighted by molar-refractivity contribution is 5.93. The summed E-state index contributed by atoms with van der Waals surface area (Å²) in [6.07, 6.45) is 6.00. The lowest BCUT2D eigenvalue weighted by molar-refractivity contribution is 0.0951. The van der Waals surface area contributed by atoms with Gasteiger partial charge in [0.05, 0.1) is 5.56 Å². The topological polar surface area (TPSA) is 74.2 Å². The van der Waals surface area contributed by atoms with E-state index in [1.807, 2.05) is 24.4 Å². The molecule has 0 unspecified atom stereocenters. The lowest BCUT2D eigenvalue weighted by atomic mass is 10.1. The van der Waals surface area contributed by atoms with Crippen LogP contribution in [0.4, 0.5) is 11.8 Å². The van der Waals surface area contributed by atoms with Crippen LogP contribution in [0.2, 0.25) is 0 Å². The molecule has 26 heavy (non-hydrogen) atoms. The third kappa shape index (κ3) is 4.68. The van der Waals surface area contributed by atoms with Gasteiger partial charge in [0.15, 0.2) is 0 Å². The van der Waals surface area contributed by atoms with Crippen LogP contribution in [0.15, 0.2) is 36.8 Å². The molecule has 7 heteroatoms. The van der Waals surface area contributed by atoms with Crippen molar-refractivity contribution in [3.05, 3.63) is 42.4 Å². The van der Waals surface area contributed by atoms with Crippen LogP contribution in [0.3, 0.4) is 0 Å². The van der Waals surface area contributed by atoms with Crippen molar-refractivity contribution >= 4 is 17.7 Å². The number of piperazine rings is 1. The lowest BCUT2D eigenvalue weighted by Gasteiger charge is -2.35. The molecule has 2 aromatic heterocycles. The Labute approximate surface area is 154 Å². The highest BCUT2D eigenvalue weighted by atomic mass is 16.1. The van der Waals surface area contributed by atoms with Gasteiger partial charge in [-0.05, 0) is 24.5 Å². The number of nitrogens with zero attached hydrogens (tertiary/aromatic N) is 5. The molecule has 0 radical (unpaired) electrons. The first-order valence-electron chi connectivity index (χ1n) is 9.14. The van der Waals surface area contributed by atoms with Crippen molar-refractivity contribution in [2.45, 2.75) is 20.3 Å². The molecule has 138 valence electrons. The van der Waals surface area contributed by atoms with Crippen LogP contribution in [-0.2, 0) is 0 Å². The molecule has 0 saturated carbocycles. The Morgan fingerprint density at radius 1 is 1.08 bits per heavy atom. The molecule has 2 aromatic rings. The van der Waals surface area contributed by atoms with Gasteiger partial charge in [-0.3, -0.25) is 4.79 Å². The van der Waals surface area contributed by atoms with Gasteiger partial charge < -0.3 is 15.1 Å². The third-order valence-electron chi connectivity index (χ3n) is 4.44. The van der Waals surface area contributed by atoms with Crippen LogP contribution in [-0.4, -0.2) is 53.6 Å². The van der Waals surface area contributed by atoms with Gasteiger partial charge in [0.2, 0.25) is 5.95 Å². The van der Waals surface area contributed by atoms with Gasteiger partial charge in [0.25, 0.3) is 5.91 Å². The van der Waals surface area contributed by atoms with Crippen LogP contribution in [0, 0.1) is 5.92 Å². The molecule has 0 spiro atoms. The van der Waals surface area contributed by atoms with Crippen LogP contribution < -0.4 is 15.1 Å². The van der Waals surface area contributed by atoms with Crippen LogP contribution >= 0.6 is 0 Å². The van der Waals surface area contributed by atoms with Gasteiger partial charge in [0, 0.05) is 51.3 Å². The number of carbonyl (C=O) groups excluding carboxylic acids is 1. The number of amides is 1. The first kappa shape index (κ1) is 18.1. The molecule has 1 aliphatic rings. The van der Waals surface area contributed by atoms with Crippen molar-refractivity contribution < 1.29 is 4.79 Å². The maximum atomic E-state index is 12.1. The number of hydrogen-bond acceptors (Lipinski definition) is 6. The summed E-state index contributed by atoms with van der Waals surface area (Å²) in [5, 5.41) is 2.91. The predicted octanol–water partition coefficient (Wildman–Crippen LogP) is 1.97. The van der Waals surface area contributed by atoms with Crippen molar-refractivity contribution in [3.8, 4) is 0 Å². The molecule has 7 nitrogen and oxygen atoms in total. The lowest BCUT2D eigenvalue weighted by Crippen LogP contribution is -2.47. The largest absolute Gasteiger partial charge is 0.353 e. The van der Waals surface area contributed by atoms with Crippen molar-refractivity contribution in [2.24, 2.45) is 5.92 Å². The number of carbonyl (C=O) groups is 1. The van der Waals surface area contributed by atoms with E-state index in [9.17, 15) is 4.79 Å². The summed E-state index contributed by atoms with van der Waals surface area (Å²) in [5.41, 5.74) is 0.504. The van der Waals surface area contributed by atoms with Crippen LogP contribution in [0.1, 0.15) is 30.6 Å². The van der Waals surface area contributed by atoms with Crippen LogP contribution in [0.25, 0.3) is 0 Å². The molecular formula is C19H26N6O. The van der Waals surface area contributed by atoms with E-state index in [1.165, 1.54) is 0 Å². The standard InChI is InChI=1S/C19H26N6O/c1-15(2)6-8-21-18(26)16-13-22-19(23-14-16)25-11-9-24(10-12-25)17-5-3-4-7-20-17/h3-5,7,13-15H,6,8-12H2,1-2H3,(H,21,26). The fraction of sp³-hybridized carbons (Fsp3) is 0.474. The highest BCUT2D eigenvalue weighted by Crippen LogP contribution is 2.15. The summed E-state index contributed by atoms with van der Waals surface area (Å²) < 4.78 is 0. The molecule has 0 bridgehead atoms. The van der Waals surface area contributed by atoms with Gasteiger partial charge in [0.1, 0.15) is 5.82 Å². The monoisotopic (exact) mass is 354 g/mol. The van der Waals surface area contributed by atoms with Crippen LogP contribution in [0.5, 0.6) is 0 Å². The minimum atomic E-state index is -0.114. The van der Waals surface area contributed by atoms with E-state index in [4.69, 9.17) is 0 Å². The highest BCUT2D eigenvalue weighted by Gasteiger charge is 2.20. The van der Waals surface area contributed by atoms with Gasteiger partial charge in [-0.15, -0.1) is 0 Å². The molecule has 1 amide bonds. The van der Waals surface area contributed by atoms with Gasteiger partial charge in [-0.2, -0.15) is 0 Å². The molecular weight excluding hydrogens is 328 g/mol. The second kappa shape index (κ2) is 8.60. The minimum absolute atomic E-state index is 0.114. The zero-order valence-electron chi connectivity index (χ0n) is 15.4. The van der Waals surface area contributed by atoms with E-state index in [2.05, 4.69) is 43.9 Å². The number of hydrogen-bond donors (Lipinski definition) is 1. The first-order valence-corrected chi connectivity index (χ1v) is 9.14.